The van der Waals surface area contributed by atoms with Gasteiger partial charge in [0.1, 0.15) is 0 Å². The number of carbonyl (C=O) groups is 1. The summed E-state index contributed by atoms with van der Waals surface area (Å²) >= 11 is 0. The van der Waals surface area contributed by atoms with Gasteiger partial charge in [0.05, 0.1) is 6.04 Å². The van der Waals surface area contributed by atoms with Crippen LogP contribution in [0.4, 0.5) is 0 Å². The molecule has 0 bridgehead atoms. The summed E-state index contributed by atoms with van der Waals surface area (Å²) in [5.74, 6) is 0.348. The molecule has 0 radical (unpaired) electrons. The van der Waals surface area contributed by atoms with Crippen LogP contribution in [0, 0.1) is 11.3 Å². The zero-order chi connectivity index (χ0) is 14.5. The van der Waals surface area contributed by atoms with E-state index in [0.29, 0.717) is 18.9 Å². The Bertz CT molecular complexity index is 395. The van der Waals surface area contributed by atoms with E-state index in [4.69, 9.17) is 5.73 Å². The number of carbonyl (C=O) groups excluding carboxylic acids is 1. The van der Waals surface area contributed by atoms with Crippen molar-refractivity contribution < 1.29 is 4.79 Å². The fourth-order valence-corrected chi connectivity index (χ4v) is 1.65. The number of amides is 1. The molecular formula is C16H26N2O. The molecule has 0 heterocycles. The van der Waals surface area contributed by atoms with Crippen molar-refractivity contribution in [2.45, 2.75) is 40.2 Å². The third kappa shape index (κ3) is 5.43. The Morgan fingerprint density at radius 1 is 1.26 bits per heavy atom. The van der Waals surface area contributed by atoms with E-state index in [9.17, 15) is 4.79 Å². The van der Waals surface area contributed by atoms with E-state index in [1.165, 1.54) is 0 Å². The first-order chi connectivity index (χ1) is 8.80. The Morgan fingerprint density at radius 3 is 2.37 bits per heavy atom. The minimum Gasteiger partial charge on any atom is -0.354 e. The molecule has 0 spiro atoms. The molecule has 0 fully saturated rings. The summed E-state index contributed by atoms with van der Waals surface area (Å²) in [6.07, 6.45) is 0.580. The average Bonchev–Trinajstić information content (AvgIpc) is 2.35. The number of rotatable bonds is 5. The number of nitrogens with one attached hydrogen (secondary N) is 1. The summed E-state index contributed by atoms with van der Waals surface area (Å²) in [5, 5.41) is 2.95. The Balaban J connectivity index is 2.41. The third-order valence-electron chi connectivity index (χ3n) is 3.70. The third-order valence-corrected chi connectivity index (χ3v) is 3.70. The largest absolute Gasteiger partial charge is 0.354 e. The second-order valence-corrected chi connectivity index (χ2v) is 6.31. The molecule has 1 rings (SSSR count). The van der Waals surface area contributed by atoms with Crippen LogP contribution in [-0.4, -0.2) is 18.5 Å². The van der Waals surface area contributed by atoms with E-state index in [1.54, 1.807) is 0 Å². The summed E-state index contributed by atoms with van der Waals surface area (Å²) < 4.78 is 0. The standard InChI is InChI=1S/C16H26N2O/c1-12(16(2,3)4)11-18-15(19)14(17)10-13-8-6-5-7-9-13/h5-9,12,14H,10-11,17H2,1-4H3,(H,18,19). The van der Waals surface area contributed by atoms with Crippen LogP contribution in [-0.2, 0) is 11.2 Å². The first kappa shape index (κ1) is 15.7. The van der Waals surface area contributed by atoms with Crippen LogP contribution in [0.1, 0.15) is 33.3 Å². The van der Waals surface area contributed by atoms with E-state index in [-0.39, 0.29) is 11.3 Å². The van der Waals surface area contributed by atoms with Crippen molar-refractivity contribution in [3.05, 3.63) is 35.9 Å². The summed E-state index contributed by atoms with van der Waals surface area (Å²) in [4.78, 5) is 11.9. The average molecular weight is 262 g/mol. The second kappa shape index (κ2) is 6.71. The van der Waals surface area contributed by atoms with Crippen molar-refractivity contribution in [3.63, 3.8) is 0 Å². The van der Waals surface area contributed by atoms with Gasteiger partial charge in [-0.3, -0.25) is 4.79 Å². The number of benzene rings is 1. The quantitative estimate of drug-likeness (QED) is 0.856. The minimum absolute atomic E-state index is 0.0695. The Kier molecular flexibility index (Phi) is 5.55. The van der Waals surface area contributed by atoms with Gasteiger partial charge in [-0.25, -0.2) is 0 Å². The van der Waals surface area contributed by atoms with Crippen LogP contribution in [0.15, 0.2) is 30.3 Å². The van der Waals surface area contributed by atoms with E-state index >= 15 is 0 Å². The number of hydrogen-bond acceptors (Lipinski definition) is 2. The lowest BCUT2D eigenvalue weighted by atomic mass is 9.82. The monoisotopic (exact) mass is 262 g/mol. The lowest BCUT2D eigenvalue weighted by Crippen LogP contribution is -2.44. The highest BCUT2D eigenvalue weighted by Crippen LogP contribution is 2.24. The van der Waals surface area contributed by atoms with Gasteiger partial charge in [-0.1, -0.05) is 58.0 Å². The molecule has 0 aliphatic carbocycles. The second-order valence-electron chi connectivity index (χ2n) is 6.31. The molecular weight excluding hydrogens is 236 g/mol. The minimum atomic E-state index is -0.477. The molecule has 106 valence electrons. The zero-order valence-corrected chi connectivity index (χ0v) is 12.4. The van der Waals surface area contributed by atoms with E-state index < -0.39 is 6.04 Å². The molecule has 0 aromatic heterocycles. The van der Waals surface area contributed by atoms with E-state index in [1.807, 2.05) is 30.3 Å². The van der Waals surface area contributed by atoms with Crippen molar-refractivity contribution in [1.29, 1.82) is 0 Å². The Hall–Kier alpha value is -1.35. The van der Waals surface area contributed by atoms with Crippen LogP contribution in [0.5, 0.6) is 0 Å². The van der Waals surface area contributed by atoms with Crippen molar-refractivity contribution in [2.24, 2.45) is 17.1 Å². The molecule has 3 heteroatoms. The molecule has 0 aliphatic rings. The summed E-state index contributed by atoms with van der Waals surface area (Å²) in [7, 11) is 0. The van der Waals surface area contributed by atoms with Gasteiger partial charge in [0.25, 0.3) is 0 Å². The fourth-order valence-electron chi connectivity index (χ4n) is 1.65. The molecule has 3 nitrogen and oxygen atoms in total. The maximum Gasteiger partial charge on any atom is 0.237 e. The maximum absolute atomic E-state index is 11.9. The van der Waals surface area contributed by atoms with Gasteiger partial charge >= 0.3 is 0 Å². The topological polar surface area (TPSA) is 55.1 Å². The Morgan fingerprint density at radius 2 is 1.84 bits per heavy atom. The highest BCUT2D eigenvalue weighted by atomic mass is 16.2. The zero-order valence-electron chi connectivity index (χ0n) is 12.4. The Labute approximate surface area is 116 Å². The predicted octanol–water partition coefficient (Wildman–Crippen LogP) is 2.35. The van der Waals surface area contributed by atoms with Crippen molar-refractivity contribution in [1.82, 2.24) is 5.32 Å². The van der Waals surface area contributed by atoms with Crippen LogP contribution in [0.2, 0.25) is 0 Å². The molecule has 3 N–H and O–H groups in total. The van der Waals surface area contributed by atoms with Gasteiger partial charge in [-0.2, -0.15) is 0 Å². The predicted molar refractivity (Wildman–Crippen MR) is 79.8 cm³/mol. The normalized spacial score (nSPS) is 14.8. The molecule has 1 aromatic carbocycles. The SMILES string of the molecule is CC(CNC(=O)C(N)Cc1ccccc1)C(C)(C)C. The van der Waals surface area contributed by atoms with E-state index in [2.05, 4.69) is 33.0 Å². The lowest BCUT2D eigenvalue weighted by molar-refractivity contribution is -0.122. The molecule has 2 atom stereocenters. The van der Waals surface area contributed by atoms with Gasteiger partial charge in [0, 0.05) is 6.54 Å². The first-order valence-electron chi connectivity index (χ1n) is 6.88. The van der Waals surface area contributed by atoms with Crippen molar-refractivity contribution in [2.75, 3.05) is 6.54 Å². The van der Waals surface area contributed by atoms with Gasteiger partial charge in [0.2, 0.25) is 5.91 Å². The molecule has 2 unspecified atom stereocenters. The van der Waals surface area contributed by atoms with Crippen LogP contribution < -0.4 is 11.1 Å². The summed E-state index contributed by atoms with van der Waals surface area (Å²) in [5.41, 5.74) is 7.22. The molecule has 0 aliphatic heterocycles. The fraction of sp³-hybridized carbons (Fsp3) is 0.562. The van der Waals surface area contributed by atoms with Gasteiger partial charge in [-0.05, 0) is 23.3 Å². The van der Waals surface area contributed by atoms with Crippen LogP contribution in [0.3, 0.4) is 0 Å². The summed E-state index contributed by atoms with van der Waals surface area (Å²) in [6.45, 7) is 9.34. The van der Waals surface area contributed by atoms with Crippen molar-refractivity contribution in [3.8, 4) is 0 Å². The summed E-state index contributed by atoms with van der Waals surface area (Å²) in [6, 6.07) is 9.38. The van der Waals surface area contributed by atoms with Gasteiger partial charge in [-0.15, -0.1) is 0 Å². The maximum atomic E-state index is 11.9. The highest BCUT2D eigenvalue weighted by molar-refractivity contribution is 5.81. The molecule has 0 saturated heterocycles. The number of hydrogen-bond donors (Lipinski definition) is 2. The molecule has 1 amide bonds. The first-order valence-corrected chi connectivity index (χ1v) is 6.88. The smallest absolute Gasteiger partial charge is 0.237 e. The highest BCUT2D eigenvalue weighted by Gasteiger charge is 2.21. The van der Waals surface area contributed by atoms with Crippen molar-refractivity contribution >= 4 is 5.91 Å². The van der Waals surface area contributed by atoms with Crippen LogP contribution in [0.25, 0.3) is 0 Å². The van der Waals surface area contributed by atoms with Gasteiger partial charge in [0.15, 0.2) is 0 Å². The van der Waals surface area contributed by atoms with E-state index in [0.717, 1.165) is 5.56 Å². The molecule has 19 heavy (non-hydrogen) atoms. The van der Waals surface area contributed by atoms with Crippen LogP contribution >= 0.6 is 0 Å². The number of nitrogens with two attached hydrogens (primary N) is 1. The molecule has 0 saturated carbocycles. The van der Waals surface area contributed by atoms with Gasteiger partial charge < -0.3 is 11.1 Å². The molecule has 1 aromatic rings. The lowest BCUT2D eigenvalue weighted by Gasteiger charge is -2.27.